The fraction of sp³-hybridized carbons (Fsp3) is 0.800. The van der Waals surface area contributed by atoms with Crippen LogP contribution in [0.3, 0.4) is 0 Å². The molecule has 1 saturated heterocycles. The van der Waals surface area contributed by atoms with Crippen molar-refractivity contribution >= 4 is 16.5 Å². The zero-order valence-corrected chi connectivity index (χ0v) is 12.9. The van der Waals surface area contributed by atoms with Crippen molar-refractivity contribution in [2.45, 2.75) is 52.0 Å². The molecular weight excluding hydrogens is 254 g/mol. The van der Waals surface area contributed by atoms with Crippen molar-refractivity contribution in [2.24, 2.45) is 5.92 Å². The predicted octanol–water partition coefficient (Wildman–Crippen LogP) is 3.37. The SMILES string of the molecule is CCCNC1CCCc2nc(N3CCC(C)C3)sc21. The molecule has 4 heteroatoms. The highest BCUT2D eigenvalue weighted by Gasteiger charge is 2.27. The summed E-state index contributed by atoms with van der Waals surface area (Å²) >= 11 is 1.95. The van der Waals surface area contributed by atoms with Crippen molar-refractivity contribution in [1.82, 2.24) is 10.3 Å². The first-order valence-corrected chi connectivity index (χ1v) is 8.57. The lowest BCUT2D eigenvalue weighted by atomic mass is 9.98. The van der Waals surface area contributed by atoms with Crippen LogP contribution in [0.5, 0.6) is 0 Å². The summed E-state index contributed by atoms with van der Waals surface area (Å²) in [5, 5.41) is 4.97. The van der Waals surface area contributed by atoms with Gasteiger partial charge in [0.05, 0.1) is 5.69 Å². The van der Waals surface area contributed by atoms with E-state index in [4.69, 9.17) is 4.98 Å². The minimum atomic E-state index is 0.565. The van der Waals surface area contributed by atoms with Crippen molar-refractivity contribution < 1.29 is 0 Å². The molecule has 2 unspecified atom stereocenters. The van der Waals surface area contributed by atoms with Gasteiger partial charge < -0.3 is 10.2 Å². The Hall–Kier alpha value is -0.610. The maximum absolute atomic E-state index is 4.93. The topological polar surface area (TPSA) is 28.2 Å². The van der Waals surface area contributed by atoms with Crippen molar-refractivity contribution in [3.63, 3.8) is 0 Å². The van der Waals surface area contributed by atoms with Crippen LogP contribution in [-0.2, 0) is 6.42 Å². The number of aryl methyl sites for hydroxylation is 1. The second kappa shape index (κ2) is 5.80. The molecule has 1 aromatic heterocycles. The van der Waals surface area contributed by atoms with Crippen LogP contribution >= 0.6 is 11.3 Å². The van der Waals surface area contributed by atoms with Crippen molar-refractivity contribution in [3.8, 4) is 0 Å². The van der Waals surface area contributed by atoms with Gasteiger partial charge in [0.25, 0.3) is 0 Å². The van der Waals surface area contributed by atoms with E-state index in [0.29, 0.717) is 6.04 Å². The monoisotopic (exact) mass is 279 g/mol. The van der Waals surface area contributed by atoms with Gasteiger partial charge >= 0.3 is 0 Å². The van der Waals surface area contributed by atoms with Crippen LogP contribution in [0.1, 0.15) is 56.1 Å². The lowest BCUT2D eigenvalue weighted by Gasteiger charge is -2.22. The number of rotatable bonds is 4. The summed E-state index contributed by atoms with van der Waals surface area (Å²) in [5.41, 5.74) is 1.37. The molecule has 0 amide bonds. The fourth-order valence-electron chi connectivity index (χ4n) is 3.16. The van der Waals surface area contributed by atoms with Crippen molar-refractivity contribution in [2.75, 3.05) is 24.5 Å². The van der Waals surface area contributed by atoms with Gasteiger partial charge in [-0.1, -0.05) is 25.2 Å². The molecule has 0 radical (unpaired) electrons. The zero-order valence-electron chi connectivity index (χ0n) is 12.1. The van der Waals surface area contributed by atoms with Gasteiger partial charge in [0.15, 0.2) is 5.13 Å². The first-order chi connectivity index (χ1) is 9.28. The Morgan fingerprint density at radius 2 is 2.32 bits per heavy atom. The molecule has 0 bridgehead atoms. The van der Waals surface area contributed by atoms with Crippen LogP contribution in [0.25, 0.3) is 0 Å². The third-order valence-corrected chi connectivity index (χ3v) is 5.55. The van der Waals surface area contributed by atoms with E-state index in [-0.39, 0.29) is 0 Å². The summed E-state index contributed by atoms with van der Waals surface area (Å²) in [5.74, 6) is 0.829. The molecule has 1 aliphatic heterocycles. The van der Waals surface area contributed by atoms with Gasteiger partial charge in [0.1, 0.15) is 0 Å². The maximum atomic E-state index is 4.93. The Balaban J connectivity index is 1.77. The van der Waals surface area contributed by atoms with Gasteiger partial charge in [0, 0.05) is 24.0 Å². The van der Waals surface area contributed by atoms with Crippen molar-refractivity contribution in [3.05, 3.63) is 10.6 Å². The number of anilines is 1. The van der Waals surface area contributed by atoms with Gasteiger partial charge in [-0.2, -0.15) is 0 Å². The molecule has 0 spiro atoms. The second-order valence-corrected chi connectivity index (χ2v) is 7.06. The Bertz CT molecular complexity index is 429. The molecule has 106 valence electrons. The van der Waals surface area contributed by atoms with Crippen LogP contribution in [0, 0.1) is 5.92 Å². The molecule has 2 aliphatic rings. The standard InChI is InChI=1S/C15H25N3S/c1-3-8-16-12-5-4-6-13-14(12)19-15(17-13)18-9-7-11(2)10-18/h11-12,16H,3-10H2,1-2H3. The lowest BCUT2D eigenvalue weighted by Crippen LogP contribution is -2.24. The summed E-state index contributed by atoms with van der Waals surface area (Å²) in [6, 6.07) is 0.565. The summed E-state index contributed by atoms with van der Waals surface area (Å²) in [7, 11) is 0. The molecule has 1 aromatic rings. The molecule has 1 fully saturated rings. The summed E-state index contributed by atoms with van der Waals surface area (Å²) < 4.78 is 0. The largest absolute Gasteiger partial charge is 0.348 e. The van der Waals surface area contributed by atoms with E-state index in [1.165, 1.54) is 60.9 Å². The van der Waals surface area contributed by atoms with Crippen LogP contribution < -0.4 is 10.2 Å². The van der Waals surface area contributed by atoms with E-state index in [2.05, 4.69) is 24.1 Å². The van der Waals surface area contributed by atoms with E-state index in [1.807, 2.05) is 11.3 Å². The van der Waals surface area contributed by atoms with E-state index in [9.17, 15) is 0 Å². The smallest absolute Gasteiger partial charge is 0.185 e. The molecule has 2 atom stereocenters. The highest BCUT2D eigenvalue weighted by atomic mass is 32.1. The molecule has 19 heavy (non-hydrogen) atoms. The van der Waals surface area contributed by atoms with E-state index < -0.39 is 0 Å². The van der Waals surface area contributed by atoms with Crippen molar-refractivity contribution in [1.29, 1.82) is 0 Å². The third kappa shape index (κ3) is 2.79. The normalized spacial score (nSPS) is 26.7. The minimum Gasteiger partial charge on any atom is -0.348 e. The molecule has 0 aromatic carbocycles. The Kier molecular flexibility index (Phi) is 4.08. The Labute approximate surface area is 120 Å². The second-order valence-electron chi connectivity index (χ2n) is 6.05. The molecule has 3 nitrogen and oxygen atoms in total. The van der Waals surface area contributed by atoms with Gasteiger partial charge in [0.2, 0.25) is 0 Å². The van der Waals surface area contributed by atoms with Crippen LogP contribution in [0.4, 0.5) is 5.13 Å². The summed E-state index contributed by atoms with van der Waals surface area (Å²) in [4.78, 5) is 8.94. The number of nitrogens with one attached hydrogen (secondary N) is 1. The average Bonchev–Trinajstić information content (AvgIpc) is 3.02. The van der Waals surface area contributed by atoms with Crippen LogP contribution in [0.15, 0.2) is 0 Å². The number of fused-ring (bicyclic) bond motifs is 1. The first kappa shape index (κ1) is 13.4. The summed E-state index contributed by atoms with van der Waals surface area (Å²) in [6.07, 6.45) is 6.28. The number of aromatic nitrogens is 1. The first-order valence-electron chi connectivity index (χ1n) is 7.76. The van der Waals surface area contributed by atoms with Crippen LogP contribution in [0.2, 0.25) is 0 Å². The number of nitrogens with zero attached hydrogens (tertiary/aromatic N) is 2. The molecule has 2 heterocycles. The quantitative estimate of drug-likeness (QED) is 0.916. The Morgan fingerprint density at radius 1 is 1.42 bits per heavy atom. The highest BCUT2D eigenvalue weighted by molar-refractivity contribution is 7.15. The molecule has 1 aliphatic carbocycles. The summed E-state index contributed by atoms with van der Waals surface area (Å²) in [6.45, 7) is 8.09. The maximum Gasteiger partial charge on any atom is 0.185 e. The molecule has 1 N–H and O–H groups in total. The molecule has 0 saturated carbocycles. The molecular formula is C15H25N3S. The fourth-order valence-corrected chi connectivity index (χ4v) is 4.42. The number of hydrogen-bond donors (Lipinski definition) is 1. The van der Waals surface area contributed by atoms with Gasteiger partial charge in [-0.15, -0.1) is 0 Å². The van der Waals surface area contributed by atoms with E-state index >= 15 is 0 Å². The van der Waals surface area contributed by atoms with E-state index in [1.54, 1.807) is 0 Å². The third-order valence-electron chi connectivity index (χ3n) is 4.27. The van der Waals surface area contributed by atoms with Crippen LogP contribution in [-0.4, -0.2) is 24.6 Å². The number of hydrogen-bond acceptors (Lipinski definition) is 4. The zero-order chi connectivity index (χ0) is 13.2. The molecule has 3 rings (SSSR count). The van der Waals surface area contributed by atoms with Gasteiger partial charge in [-0.3, -0.25) is 0 Å². The minimum absolute atomic E-state index is 0.565. The van der Waals surface area contributed by atoms with Gasteiger partial charge in [-0.25, -0.2) is 4.98 Å². The predicted molar refractivity (Wildman–Crippen MR) is 82.1 cm³/mol. The van der Waals surface area contributed by atoms with Gasteiger partial charge in [-0.05, 0) is 44.6 Å². The van der Waals surface area contributed by atoms with E-state index in [0.717, 1.165) is 12.5 Å². The highest BCUT2D eigenvalue weighted by Crippen LogP contribution is 2.38. The number of thiazole rings is 1. The average molecular weight is 279 g/mol. The lowest BCUT2D eigenvalue weighted by molar-refractivity contribution is 0.464. The Morgan fingerprint density at radius 3 is 3.05 bits per heavy atom.